The highest BCUT2D eigenvalue weighted by Crippen LogP contribution is 2.41. The highest BCUT2D eigenvalue weighted by Gasteiger charge is 2.12. The Morgan fingerprint density at radius 2 is 1.19 bits per heavy atom. The summed E-state index contributed by atoms with van der Waals surface area (Å²) in [5, 5.41) is 16.3. The smallest absolute Gasteiger partial charge is 0.303 e. The molecule has 0 saturated carbocycles. The lowest BCUT2D eigenvalue weighted by Crippen LogP contribution is -2.06. The van der Waals surface area contributed by atoms with Crippen LogP contribution in [0.15, 0.2) is 0 Å². The molecule has 0 aromatic carbocycles. The first-order valence-corrected chi connectivity index (χ1v) is 9.67. The van der Waals surface area contributed by atoms with Crippen LogP contribution in [0.25, 0.3) is 0 Å². The number of hydrogen-bond donors (Lipinski definition) is 4. The lowest BCUT2D eigenvalue weighted by molar-refractivity contribution is -0.139. The molecule has 0 aliphatic heterocycles. The van der Waals surface area contributed by atoms with Gasteiger partial charge in [-0.15, -0.1) is 0 Å². The first-order valence-electron chi connectivity index (χ1n) is 7.14. The molecule has 0 heterocycles. The van der Waals surface area contributed by atoms with Crippen LogP contribution < -0.4 is 11.5 Å². The van der Waals surface area contributed by atoms with Gasteiger partial charge in [0, 0.05) is 25.2 Å². The average molecular weight is 324 g/mol. The van der Waals surface area contributed by atoms with Gasteiger partial charge in [0.15, 0.2) is 0 Å². The van der Waals surface area contributed by atoms with Crippen molar-refractivity contribution in [3.05, 3.63) is 0 Å². The van der Waals surface area contributed by atoms with E-state index in [1.807, 2.05) is 6.66 Å². The van der Waals surface area contributed by atoms with Crippen molar-refractivity contribution in [2.24, 2.45) is 11.5 Å². The van der Waals surface area contributed by atoms with E-state index in [0.717, 1.165) is 25.2 Å². The minimum absolute atomic E-state index is 0.0628. The Kier molecular flexibility index (Phi) is 15.0. The second-order valence-corrected chi connectivity index (χ2v) is 8.51. The third-order valence-corrected chi connectivity index (χ3v) is 5.23. The molecule has 0 aromatic rings. The number of rotatable bonds is 11. The molecule has 7 nitrogen and oxygen atoms in total. The first kappa shape index (κ1) is 22.4. The minimum Gasteiger partial charge on any atom is -0.481 e. The fourth-order valence-corrected chi connectivity index (χ4v) is 3.44. The van der Waals surface area contributed by atoms with E-state index in [1.165, 1.54) is 0 Å². The molecule has 0 amide bonds. The molecule has 0 rings (SSSR count). The molecular weight excluding hydrogens is 295 g/mol. The van der Waals surface area contributed by atoms with Crippen LogP contribution in [0.4, 0.5) is 0 Å². The van der Waals surface area contributed by atoms with Gasteiger partial charge in [0.25, 0.3) is 0 Å². The fourth-order valence-electron chi connectivity index (χ4n) is 1.52. The summed E-state index contributed by atoms with van der Waals surface area (Å²) in [6.07, 6.45) is 4.33. The van der Waals surface area contributed by atoms with Gasteiger partial charge in [-0.1, -0.05) is 0 Å². The normalized spacial score (nSPS) is 10.6. The molecule has 0 radical (unpaired) electrons. The maximum Gasteiger partial charge on any atom is 0.303 e. The molecular formula is C13H29N2O5P. The van der Waals surface area contributed by atoms with Gasteiger partial charge in [-0.2, -0.15) is 0 Å². The van der Waals surface area contributed by atoms with Crippen LogP contribution >= 0.6 is 7.14 Å². The number of nitrogens with two attached hydrogens (primary N) is 2. The summed E-state index contributed by atoms with van der Waals surface area (Å²) >= 11 is 0. The Balaban J connectivity index is 0. The number of unbranched alkanes of at least 4 members (excludes halogenated alkanes) is 1. The Morgan fingerprint density at radius 3 is 1.43 bits per heavy atom. The van der Waals surface area contributed by atoms with Crippen LogP contribution in [-0.2, 0) is 14.2 Å². The van der Waals surface area contributed by atoms with Crippen molar-refractivity contribution < 1.29 is 24.4 Å². The molecule has 0 fully saturated rings. The van der Waals surface area contributed by atoms with Crippen molar-refractivity contribution in [1.29, 1.82) is 0 Å². The zero-order valence-electron chi connectivity index (χ0n) is 12.8. The molecule has 0 bridgehead atoms. The van der Waals surface area contributed by atoms with Gasteiger partial charge >= 0.3 is 11.9 Å². The molecule has 0 aromatic heterocycles. The van der Waals surface area contributed by atoms with Gasteiger partial charge in [0.05, 0.1) is 7.14 Å². The SMILES string of the molecule is CP(=O)(CCCN)CCCN.O=C(O)CCCCC(=O)O. The van der Waals surface area contributed by atoms with Crippen molar-refractivity contribution >= 4 is 19.1 Å². The molecule has 6 N–H and O–H groups in total. The van der Waals surface area contributed by atoms with Gasteiger partial charge in [-0.25, -0.2) is 0 Å². The van der Waals surface area contributed by atoms with Gasteiger partial charge in [-0.3, -0.25) is 9.59 Å². The van der Waals surface area contributed by atoms with E-state index in [2.05, 4.69) is 0 Å². The molecule has 21 heavy (non-hydrogen) atoms. The predicted octanol–water partition coefficient (Wildman–Crippen LogP) is 1.39. The van der Waals surface area contributed by atoms with E-state index in [9.17, 15) is 14.2 Å². The van der Waals surface area contributed by atoms with Crippen molar-refractivity contribution in [1.82, 2.24) is 0 Å². The molecule has 0 unspecified atom stereocenters. The van der Waals surface area contributed by atoms with E-state index in [4.69, 9.17) is 21.7 Å². The number of carboxylic acid groups (broad SMARTS) is 2. The van der Waals surface area contributed by atoms with E-state index in [0.29, 0.717) is 25.9 Å². The molecule has 0 saturated heterocycles. The Labute approximate surface area is 126 Å². The Bertz CT molecular complexity index is 309. The number of hydrogen-bond acceptors (Lipinski definition) is 5. The van der Waals surface area contributed by atoms with E-state index >= 15 is 0 Å². The largest absolute Gasteiger partial charge is 0.481 e. The summed E-state index contributed by atoms with van der Waals surface area (Å²) in [5.74, 6) is -1.74. The van der Waals surface area contributed by atoms with Crippen LogP contribution in [-0.4, -0.2) is 54.2 Å². The highest BCUT2D eigenvalue weighted by molar-refractivity contribution is 7.63. The standard InChI is InChI=1S/C7H19N2OP.C6H10O4/c1-11(10,6-2-4-8)7-3-5-9;7-5(8)3-1-2-4-6(9)10/h2-9H2,1H3;1-4H2,(H,7,8)(H,9,10). The van der Waals surface area contributed by atoms with Crippen LogP contribution in [0.1, 0.15) is 38.5 Å². The van der Waals surface area contributed by atoms with Crippen molar-refractivity contribution in [2.75, 3.05) is 32.1 Å². The summed E-state index contributed by atoms with van der Waals surface area (Å²) in [5.41, 5.74) is 10.6. The quantitative estimate of drug-likeness (QED) is 0.332. The van der Waals surface area contributed by atoms with Crippen LogP contribution in [0, 0.1) is 0 Å². The first-order chi connectivity index (χ1) is 9.75. The van der Waals surface area contributed by atoms with E-state index in [1.54, 1.807) is 0 Å². The van der Waals surface area contributed by atoms with Gasteiger partial charge in [-0.05, 0) is 45.4 Å². The van der Waals surface area contributed by atoms with E-state index < -0.39 is 19.1 Å². The Morgan fingerprint density at radius 1 is 0.857 bits per heavy atom. The number of aliphatic carboxylic acids is 2. The van der Waals surface area contributed by atoms with Gasteiger partial charge in [0.2, 0.25) is 0 Å². The second-order valence-electron chi connectivity index (χ2n) is 5.02. The Hall–Kier alpha value is -0.910. The van der Waals surface area contributed by atoms with Crippen molar-refractivity contribution in [3.8, 4) is 0 Å². The van der Waals surface area contributed by atoms with Gasteiger partial charge in [0.1, 0.15) is 0 Å². The summed E-state index contributed by atoms with van der Waals surface area (Å²) < 4.78 is 11.6. The lowest BCUT2D eigenvalue weighted by Gasteiger charge is -2.10. The summed E-state index contributed by atoms with van der Waals surface area (Å²) in [6.45, 7) is 3.12. The zero-order valence-corrected chi connectivity index (χ0v) is 13.7. The minimum atomic E-state index is -1.89. The van der Waals surface area contributed by atoms with Crippen LogP contribution in [0.5, 0.6) is 0 Å². The van der Waals surface area contributed by atoms with Crippen LogP contribution in [0.2, 0.25) is 0 Å². The number of carboxylic acids is 2. The molecule has 126 valence electrons. The molecule has 8 heteroatoms. The van der Waals surface area contributed by atoms with Crippen LogP contribution in [0.3, 0.4) is 0 Å². The summed E-state index contributed by atoms with van der Waals surface area (Å²) in [7, 11) is -1.89. The topological polar surface area (TPSA) is 144 Å². The summed E-state index contributed by atoms with van der Waals surface area (Å²) in [4.78, 5) is 19.8. The third kappa shape index (κ3) is 21.5. The lowest BCUT2D eigenvalue weighted by atomic mass is 10.2. The molecule has 0 aliphatic rings. The second kappa shape index (κ2) is 14.0. The zero-order chi connectivity index (χ0) is 16.7. The molecule has 0 spiro atoms. The van der Waals surface area contributed by atoms with Gasteiger partial charge < -0.3 is 26.2 Å². The van der Waals surface area contributed by atoms with E-state index in [-0.39, 0.29) is 12.8 Å². The predicted molar refractivity (Wildman–Crippen MR) is 84.3 cm³/mol. The maximum atomic E-state index is 11.6. The third-order valence-electron chi connectivity index (χ3n) is 2.70. The number of carbonyl (C=O) groups is 2. The highest BCUT2D eigenvalue weighted by atomic mass is 31.2. The maximum absolute atomic E-state index is 11.6. The molecule has 0 aliphatic carbocycles. The average Bonchev–Trinajstić information content (AvgIpc) is 2.40. The fraction of sp³-hybridized carbons (Fsp3) is 0.846. The van der Waals surface area contributed by atoms with Crippen molar-refractivity contribution in [2.45, 2.75) is 38.5 Å². The molecule has 0 atom stereocenters. The monoisotopic (exact) mass is 324 g/mol. The van der Waals surface area contributed by atoms with Crippen molar-refractivity contribution in [3.63, 3.8) is 0 Å². The summed E-state index contributed by atoms with van der Waals surface area (Å²) in [6, 6.07) is 0.